The third-order valence-corrected chi connectivity index (χ3v) is 3.47. The predicted molar refractivity (Wildman–Crippen MR) is 82.2 cm³/mol. The Labute approximate surface area is 125 Å². The van der Waals surface area contributed by atoms with Gasteiger partial charge in [-0.05, 0) is 30.9 Å². The van der Waals surface area contributed by atoms with Crippen molar-refractivity contribution in [2.45, 2.75) is 25.9 Å². The fourth-order valence-electron chi connectivity index (χ4n) is 2.09. The van der Waals surface area contributed by atoms with Gasteiger partial charge in [0.1, 0.15) is 5.75 Å². The summed E-state index contributed by atoms with van der Waals surface area (Å²) in [6.45, 7) is 0.559. The van der Waals surface area contributed by atoms with Crippen LogP contribution < -0.4 is 4.74 Å². The minimum Gasteiger partial charge on any atom is -0.492 e. The maximum absolute atomic E-state index is 9.26. The molecule has 0 spiro atoms. The molecule has 2 aromatic rings. The molecule has 2 aromatic carbocycles. The molecule has 0 heterocycles. The molecule has 0 amide bonds. The minimum atomic E-state index is -0.0556. The molecule has 20 heavy (non-hydrogen) atoms. The highest BCUT2D eigenvalue weighted by atomic mass is 35.5. The standard InChI is InChI=1S/C17H19ClO2/c18-16-11-6-10-15(13-19)17(16)20-12-5-4-9-14-7-2-1-3-8-14/h1-3,6-8,10-11,19H,4-5,9,12-13H2. The lowest BCUT2D eigenvalue weighted by Gasteiger charge is -2.11. The maximum Gasteiger partial charge on any atom is 0.143 e. The zero-order valence-corrected chi connectivity index (χ0v) is 12.1. The summed E-state index contributed by atoms with van der Waals surface area (Å²) in [4.78, 5) is 0. The van der Waals surface area contributed by atoms with Gasteiger partial charge in [0.05, 0.1) is 18.2 Å². The van der Waals surface area contributed by atoms with Gasteiger partial charge in [-0.15, -0.1) is 0 Å². The Morgan fingerprint density at radius 3 is 2.50 bits per heavy atom. The van der Waals surface area contributed by atoms with E-state index < -0.39 is 0 Å². The van der Waals surface area contributed by atoms with Crippen LogP contribution in [0.15, 0.2) is 48.5 Å². The van der Waals surface area contributed by atoms with Crippen LogP contribution in [0.3, 0.4) is 0 Å². The smallest absolute Gasteiger partial charge is 0.143 e. The number of unbranched alkanes of at least 4 members (excludes halogenated alkanes) is 1. The first-order chi connectivity index (χ1) is 9.81. The number of para-hydroxylation sites is 1. The number of aliphatic hydroxyl groups excluding tert-OH is 1. The van der Waals surface area contributed by atoms with Crippen LogP contribution in [0.25, 0.3) is 0 Å². The van der Waals surface area contributed by atoms with Crippen molar-refractivity contribution in [2.24, 2.45) is 0 Å². The molecule has 0 aliphatic rings. The van der Waals surface area contributed by atoms with Crippen LogP contribution in [-0.4, -0.2) is 11.7 Å². The van der Waals surface area contributed by atoms with E-state index in [1.54, 1.807) is 6.07 Å². The largest absolute Gasteiger partial charge is 0.492 e. The Bertz CT molecular complexity index is 526. The molecule has 0 unspecified atom stereocenters. The lowest BCUT2D eigenvalue weighted by Crippen LogP contribution is -2.01. The fourth-order valence-corrected chi connectivity index (χ4v) is 2.34. The maximum atomic E-state index is 9.26. The molecular weight excluding hydrogens is 272 g/mol. The third-order valence-electron chi connectivity index (χ3n) is 3.17. The molecular formula is C17H19ClO2. The predicted octanol–water partition coefficient (Wildman–Crippen LogP) is 4.23. The van der Waals surface area contributed by atoms with E-state index in [1.165, 1.54) is 5.56 Å². The van der Waals surface area contributed by atoms with Crippen molar-refractivity contribution in [1.29, 1.82) is 0 Å². The molecule has 0 bridgehead atoms. The summed E-state index contributed by atoms with van der Waals surface area (Å²) in [5.74, 6) is 0.608. The van der Waals surface area contributed by atoms with E-state index >= 15 is 0 Å². The Kier molecular flexibility index (Phi) is 5.90. The van der Waals surface area contributed by atoms with E-state index in [-0.39, 0.29) is 6.61 Å². The summed E-state index contributed by atoms with van der Waals surface area (Å²) in [6.07, 6.45) is 3.09. The highest BCUT2D eigenvalue weighted by molar-refractivity contribution is 6.32. The van der Waals surface area contributed by atoms with Crippen LogP contribution >= 0.6 is 11.6 Å². The topological polar surface area (TPSA) is 29.5 Å². The van der Waals surface area contributed by atoms with Crippen molar-refractivity contribution in [3.63, 3.8) is 0 Å². The van der Waals surface area contributed by atoms with Gasteiger partial charge in [0.15, 0.2) is 0 Å². The number of aryl methyl sites for hydroxylation is 1. The molecule has 0 saturated heterocycles. The van der Waals surface area contributed by atoms with Gasteiger partial charge in [-0.1, -0.05) is 54.1 Å². The van der Waals surface area contributed by atoms with Crippen LogP contribution in [0.2, 0.25) is 5.02 Å². The molecule has 1 N–H and O–H groups in total. The molecule has 0 aromatic heterocycles. The molecule has 2 rings (SSSR count). The van der Waals surface area contributed by atoms with Crippen molar-refractivity contribution >= 4 is 11.6 Å². The van der Waals surface area contributed by atoms with E-state index in [0.717, 1.165) is 24.8 Å². The monoisotopic (exact) mass is 290 g/mol. The van der Waals surface area contributed by atoms with Crippen molar-refractivity contribution in [1.82, 2.24) is 0 Å². The number of hydrogen-bond acceptors (Lipinski definition) is 2. The van der Waals surface area contributed by atoms with Gasteiger partial charge in [0.25, 0.3) is 0 Å². The van der Waals surface area contributed by atoms with Crippen molar-refractivity contribution in [3.8, 4) is 5.75 Å². The van der Waals surface area contributed by atoms with Crippen LogP contribution in [0.1, 0.15) is 24.0 Å². The van der Waals surface area contributed by atoms with Crippen molar-refractivity contribution in [3.05, 3.63) is 64.7 Å². The van der Waals surface area contributed by atoms with Gasteiger partial charge in [-0.25, -0.2) is 0 Å². The quantitative estimate of drug-likeness (QED) is 0.773. The van der Waals surface area contributed by atoms with Crippen LogP contribution in [0.5, 0.6) is 5.75 Å². The first kappa shape index (κ1) is 14.9. The van der Waals surface area contributed by atoms with Gasteiger partial charge in [0, 0.05) is 5.56 Å². The first-order valence-corrected chi connectivity index (χ1v) is 7.24. The molecule has 0 fully saturated rings. The van der Waals surface area contributed by atoms with E-state index in [4.69, 9.17) is 16.3 Å². The zero-order valence-electron chi connectivity index (χ0n) is 11.4. The summed E-state index contributed by atoms with van der Waals surface area (Å²) in [5.41, 5.74) is 2.09. The summed E-state index contributed by atoms with van der Waals surface area (Å²) < 4.78 is 5.70. The number of hydrogen-bond donors (Lipinski definition) is 1. The van der Waals surface area contributed by atoms with E-state index in [2.05, 4.69) is 24.3 Å². The second-order valence-electron chi connectivity index (χ2n) is 4.68. The Balaban J connectivity index is 1.76. The molecule has 3 heteroatoms. The summed E-state index contributed by atoms with van der Waals surface area (Å²) in [5, 5.41) is 9.81. The SMILES string of the molecule is OCc1cccc(Cl)c1OCCCCc1ccccc1. The highest BCUT2D eigenvalue weighted by Crippen LogP contribution is 2.28. The average Bonchev–Trinajstić information content (AvgIpc) is 2.49. The normalized spacial score (nSPS) is 10.5. The third kappa shape index (κ3) is 4.26. The lowest BCUT2D eigenvalue weighted by atomic mass is 10.1. The second-order valence-corrected chi connectivity index (χ2v) is 5.08. The van der Waals surface area contributed by atoms with E-state index in [9.17, 15) is 5.11 Å². The highest BCUT2D eigenvalue weighted by Gasteiger charge is 2.07. The lowest BCUT2D eigenvalue weighted by molar-refractivity contribution is 0.260. The van der Waals surface area contributed by atoms with Gasteiger partial charge < -0.3 is 9.84 Å². The van der Waals surface area contributed by atoms with Gasteiger partial charge in [-0.2, -0.15) is 0 Å². The number of aliphatic hydroxyl groups is 1. The summed E-state index contributed by atoms with van der Waals surface area (Å²) in [7, 11) is 0. The fraction of sp³-hybridized carbons (Fsp3) is 0.294. The molecule has 0 saturated carbocycles. The van der Waals surface area contributed by atoms with Crippen molar-refractivity contribution < 1.29 is 9.84 Å². The first-order valence-electron chi connectivity index (χ1n) is 6.86. The Hall–Kier alpha value is -1.51. The van der Waals surface area contributed by atoms with Crippen LogP contribution in [0, 0.1) is 0 Å². The second kappa shape index (κ2) is 7.93. The molecule has 0 aliphatic carbocycles. The van der Waals surface area contributed by atoms with Crippen LogP contribution in [-0.2, 0) is 13.0 Å². The molecule has 0 atom stereocenters. The van der Waals surface area contributed by atoms with Gasteiger partial charge >= 0.3 is 0 Å². The van der Waals surface area contributed by atoms with E-state index in [1.807, 2.05) is 18.2 Å². The Morgan fingerprint density at radius 1 is 0.950 bits per heavy atom. The Morgan fingerprint density at radius 2 is 1.75 bits per heavy atom. The number of ether oxygens (including phenoxy) is 1. The van der Waals surface area contributed by atoms with Crippen LogP contribution in [0.4, 0.5) is 0 Å². The molecule has 2 nitrogen and oxygen atoms in total. The number of rotatable bonds is 7. The van der Waals surface area contributed by atoms with E-state index in [0.29, 0.717) is 17.4 Å². The average molecular weight is 291 g/mol. The number of benzene rings is 2. The molecule has 106 valence electrons. The zero-order chi connectivity index (χ0) is 14.2. The van der Waals surface area contributed by atoms with Gasteiger partial charge in [0.2, 0.25) is 0 Å². The minimum absolute atomic E-state index is 0.0556. The van der Waals surface area contributed by atoms with Gasteiger partial charge in [-0.3, -0.25) is 0 Å². The molecule has 0 aliphatic heterocycles. The molecule has 0 radical (unpaired) electrons. The summed E-state index contributed by atoms with van der Waals surface area (Å²) in [6, 6.07) is 15.8. The van der Waals surface area contributed by atoms with Crippen molar-refractivity contribution in [2.75, 3.05) is 6.61 Å². The number of halogens is 1. The summed E-state index contributed by atoms with van der Waals surface area (Å²) >= 11 is 6.08.